The van der Waals surface area contributed by atoms with Crippen LogP contribution < -0.4 is 0 Å². The molecule has 0 aliphatic carbocycles. The van der Waals surface area contributed by atoms with E-state index in [1.54, 1.807) is 23.1 Å². The van der Waals surface area contributed by atoms with Gasteiger partial charge in [0.25, 0.3) is 0 Å². The lowest BCUT2D eigenvalue weighted by molar-refractivity contribution is 1.05. The van der Waals surface area contributed by atoms with Gasteiger partial charge in [-0.2, -0.15) is 0 Å². The van der Waals surface area contributed by atoms with E-state index in [0.717, 1.165) is 31.8 Å². The Bertz CT molecular complexity index is 1140. The van der Waals surface area contributed by atoms with Crippen molar-refractivity contribution >= 4 is 39.0 Å². The minimum atomic E-state index is 0.949. The van der Waals surface area contributed by atoms with Crippen LogP contribution in [-0.4, -0.2) is 14.4 Å². The highest BCUT2D eigenvalue weighted by atomic mass is 32.2. The third-order valence-corrected chi connectivity index (χ3v) is 6.17. The summed E-state index contributed by atoms with van der Waals surface area (Å²) in [7, 11) is 0. The van der Waals surface area contributed by atoms with E-state index in [0.29, 0.717) is 0 Å². The van der Waals surface area contributed by atoms with E-state index >= 15 is 0 Å². The maximum atomic E-state index is 4.85. The Morgan fingerprint density at radius 3 is 2.48 bits per heavy atom. The van der Waals surface area contributed by atoms with Crippen molar-refractivity contribution in [2.24, 2.45) is 0 Å². The first-order chi connectivity index (χ1) is 12.4. The summed E-state index contributed by atoms with van der Waals surface area (Å²) in [5, 5.41) is 1.10. The Hall–Kier alpha value is -2.63. The largest absolute Gasteiger partial charge is 0.294 e. The normalized spacial score (nSPS) is 11.4. The molecule has 0 spiro atoms. The molecule has 3 nitrogen and oxygen atoms in total. The van der Waals surface area contributed by atoms with Gasteiger partial charge < -0.3 is 0 Å². The van der Waals surface area contributed by atoms with Gasteiger partial charge in [0.2, 0.25) is 0 Å². The van der Waals surface area contributed by atoms with Crippen LogP contribution in [0.1, 0.15) is 0 Å². The summed E-state index contributed by atoms with van der Waals surface area (Å²) in [5.41, 5.74) is 4.11. The molecule has 0 aliphatic rings. The number of rotatable bonds is 3. The number of hydrogen-bond acceptors (Lipinski definition) is 4. The molecule has 5 rings (SSSR count). The second-order valence-corrected chi connectivity index (χ2v) is 7.88. The molecule has 5 aromatic rings. The SMILES string of the molecule is c1ccc(-c2nc3ccccn3c2Sc2nc3ccccc3s2)cc1. The van der Waals surface area contributed by atoms with Crippen molar-refractivity contribution in [3.8, 4) is 11.3 Å². The average molecular weight is 359 g/mol. The highest BCUT2D eigenvalue weighted by molar-refractivity contribution is 8.01. The number of para-hydroxylation sites is 1. The fourth-order valence-corrected chi connectivity index (χ4v) is 5.02. The maximum absolute atomic E-state index is 4.85. The van der Waals surface area contributed by atoms with E-state index in [9.17, 15) is 0 Å². The van der Waals surface area contributed by atoms with Gasteiger partial charge in [-0.05, 0) is 36.0 Å². The number of pyridine rings is 1. The fraction of sp³-hybridized carbons (Fsp3) is 0. The summed E-state index contributed by atoms with van der Waals surface area (Å²) in [6.45, 7) is 0. The number of hydrogen-bond donors (Lipinski definition) is 0. The van der Waals surface area contributed by atoms with Crippen LogP contribution in [0.4, 0.5) is 0 Å². The molecule has 0 saturated heterocycles. The molecular formula is C20H13N3S2. The molecule has 3 heterocycles. The second-order valence-electron chi connectivity index (χ2n) is 5.61. The quantitative estimate of drug-likeness (QED) is 0.410. The van der Waals surface area contributed by atoms with Crippen molar-refractivity contribution in [3.63, 3.8) is 0 Å². The molecule has 3 aromatic heterocycles. The second kappa shape index (κ2) is 6.02. The van der Waals surface area contributed by atoms with Crippen LogP contribution in [0.15, 0.2) is 88.4 Å². The topological polar surface area (TPSA) is 30.2 Å². The van der Waals surface area contributed by atoms with E-state index in [2.05, 4.69) is 40.9 Å². The van der Waals surface area contributed by atoms with E-state index in [4.69, 9.17) is 9.97 Å². The van der Waals surface area contributed by atoms with Gasteiger partial charge in [0, 0.05) is 11.8 Å². The van der Waals surface area contributed by atoms with Gasteiger partial charge in [0.05, 0.1) is 10.2 Å². The van der Waals surface area contributed by atoms with E-state index in [1.165, 1.54) is 4.70 Å². The van der Waals surface area contributed by atoms with Gasteiger partial charge in [-0.1, -0.05) is 48.5 Å². The third-order valence-electron chi connectivity index (χ3n) is 3.99. The molecule has 120 valence electrons. The van der Waals surface area contributed by atoms with Crippen LogP contribution in [0.2, 0.25) is 0 Å². The highest BCUT2D eigenvalue weighted by Crippen LogP contribution is 2.39. The van der Waals surface area contributed by atoms with Crippen LogP contribution >= 0.6 is 23.1 Å². The number of nitrogens with zero attached hydrogens (tertiary/aromatic N) is 3. The number of thiazole rings is 1. The van der Waals surface area contributed by atoms with Gasteiger partial charge in [0.15, 0.2) is 4.34 Å². The summed E-state index contributed by atoms with van der Waals surface area (Å²) in [6.07, 6.45) is 2.06. The van der Waals surface area contributed by atoms with Crippen molar-refractivity contribution in [3.05, 3.63) is 79.0 Å². The van der Waals surface area contributed by atoms with Gasteiger partial charge in [-0.15, -0.1) is 11.3 Å². The van der Waals surface area contributed by atoms with Crippen molar-refractivity contribution in [1.82, 2.24) is 14.4 Å². The van der Waals surface area contributed by atoms with Crippen LogP contribution in [0.25, 0.3) is 27.1 Å². The summed E-state index contributed by atoms with van der Waals surface area (Å²) < 4.78 is 4.38. The predicted molar refractivity (Wildman–Crippen MR) is 104 cm³/mol. The number of fused-ring (bicyclic) bond motifs is 2. The van der Waals surface area contributed by atoms with Crippen LogP contribution in [0, 0.1) is 0 Å². The Morgan fingerprint density at radius 1 is 0.800 bits per heavy atom. The van der Waals surface area contributed by atoms with Crippen molar-refractivity contribution in [2.75, 3.05) is 0 Å². The standard InChI is InChI=1S/C20H13N3S2/c1-2-8-14(9-3-1)18-19(23-13-7-6-12-17(23)22-18)25-20-21-15-10-4-5-11-16(15)24-20/h1-13H. The molecule has 25 heavy (non-hydrogen) atoms. The van der Waals surface area contributed by atoms with Crippen LogP contribution in [0.3, 0.4) is 0 Å². The first kappa shape index (κ1) is 14.7. The average Bonchev–Trinajstić information content (AvgIpc) is 3.24. The lowest BCUT2D eigenvalue weighted by atomic mass is 10.2. The van der Waals surface area contributed by atoms with Crippen molar-refractivity contribution < 1.29 is 0 Å². The van der Waals surface area contributed by atoms with Crippen molar-refractivity contribution in [2.45, 2.75) is 9.37 Å². The third kappa shape index (κ3) is 2.62. The first-order valence-corrected chi connectivity index (χ1v) is 9.58. The maximum Gasteiger partial charge on any atom is 0.157 e. The van der Waals surface area contributed by atoms with E-state index in [1.807, 2.05) is 42.5 Å². The molecule has 0 N–H and O–H groups in total. The summed E-state index contributed by atoms with van der Waals surface area (Å²) >= 11 is 3.40. The molecule has 5 heteroatoms. The molecule has 0 amide bonds. The Kier molecular flexibility index (Phi) is 3.54. The number of imidazole rings is 1. The molecule has 0 radical (unpaired) electrons. The van der Waals surface area contributed by atoms with Crippen LogP contribution in [0.5, 0.6) is 0 Å². The monoisotopic (exact) mass is 359 g/mol. The van der Waals surface area contributed by atoms with Gasteiger partial charge >= 0.3 is 0 Å². The lowest BCUT2D eigenvalue weighted by Gasteiger charge is -2.02. The Balaban J connectivity index is 1.68. The Morgan fingerprint density at radius 2 is 1.60 bits per heavy atom. The lowest BCUT2D eigenvalue weighted by Crippen LogP contribution is -1.86. The van der Waals surface area contributed by atoms with Gasteiger partial charge in [0.1, 0.15) is 16.4 Å². The van der Waals surface area contributed by atoms with Crippen LogP contribution in [-0.2, 0) is 0 Å². The summed E-state index contributed by atoms with van der Waals surface area (Å²) in [4.78, 5) is 9.62. The smallest absolute Gasteiger partial charge is 0.157 e. The zero-order chi connectivity index (χ0) is 16.6. The molecule has 0 fully saturated rings. The van der Waals surface area contributed by atoms with Gasteiger partial charge in [-0.3, -0.25) is 4.40 Å². The molecule has 0 saturated carbocycles. The number of benzene rings is 2. The minimum Gasteiger partial charge on any atom is -0.294 e. The van der Waals surface area contributed by atoms with Gasteiger partial charge in [-0.25, -0.2) is 9.97 Å². The van der Waals surface area contributed by atoms with E-state index < -0.39 is 0 Å². The molecule has 0 bridgehead atoms. The molecule has 2 aromatic carbocycles. The number of aromatic nitrogens is 3. The van der Waals surface area contributed by atoms with E-state index in [-0.39, 0.29) is 0 Å². The summed E-state index contributed by atoms with van der Waals surface area (Å²) in [5.74, 6) is 0. The zero-order valence-electron chi connectivity index (χ0n) is 13.2. The highest BCUT2D eigenvalue weighted by Gasteiger charge is 2.17. The Labute approximate surface area is 153 Å². The molecule has 0 atom stereocenters. The van der Waals surface area contributed by atoms with Crippen molar-refractivity contribution in [1.29, 1.82) is 0 Å². The summed E-state index contributed by atoms with van der Waals surface area (Å²) in [6, 6.07) is 24.7. The molecular weight excluding hydrogens is 346 g/mol. The zero-order valence-corrected chi connectivity index (χ0v) is 14.8. The molecule has 0 aliphatic heterocycles. The predicted octanol–water partition coefficient (Wildman–Crippen LogP) is 5.76. The molecule has 0 unspecified atom stereocenters. The first-order valence-electron chi connectivity index (χ1n) is 7.94. The fourth-order valence-electron chi connectivity index (χ4n) is 2.83. The minimum absolute atomic E-state index is 0.949.